The van der Waals surface area contributed by atoms with E-state index < -0.39 is 0 Å². The highest BCUT2D eigenvalue weighted by atomic mass is 16.4. The summed E-state index contributed by atoms with van der Waals surface area (Å²) in [4.78, 5) is 19.0. The predicted octanol–water partition coefficient (Wildman–Crippen LogP) is 1.20. The van der Waals surface area contributed by atoms with Gasteiger partial charge in [0, 0.05) is 12.3 Å². The molecule has 4 heteroatoms. The summed E-state index contributed by atoms with van der Waals surface area (Å²) in [5.74, 6) is 0.598. The number of fused-ring (bicyclic) bond motifs is 1. The SMILES string of the molecule is Cc1ncc2c(C)cc(=O)oc2n1. The van der Waals surface area contributed by atoms with Gasteiger partial charge in [-0.15, -0.1) is 0 Å². The van der Waals surface area contributed by atoms with Crippen LogP contribution in [0.15, 0.2) is 21.5 Å². The summed E-state index contributed by atoms with van der Waals surface area (Å²) in [6.45, 7) is 3.58. The van der Waals surface area contributed by atoms with Crippen molar-refractivity contribution in [2.24, 2.45) is 0 Å². The van der Waals surface area contributed by atoms with E-state index in [4.69, 9.17) is 4.42 Å². The molecular formula is C9H8N2O2. The minimum atomic E-state index is -0.372. The van der Waals surface area contributed by atoms with Crippen molar-refractivity contribution in [3.05, 3.63) is 34.1 Å². The fourth-order valence-electron chi connectivity index (χ4n) is 1.18. The standard InChI is InChI=1S/C9H8N2O2/c1-5-3-8(12)13-9-7(5)4-10-6(2)11-9/h3-4H,1-2H3. The summed E-state index contributed by atoms with van der Waals surface area (Å²) in [6.07, 6.45) is 1.66. The Balaban J connectivity index is 2.94. The first kappa shape index (κ1) is 7.91. The highest BCUT2D eigenvalue weighted by Gasteiger charge is 2.03. The van der Waals surface area contributed by atoms with Gasteiger partial charge >= 0.3 is 5.63 Å². The van der Waals surface area contributed by atoms with E-state index in [1.807, 2.05) is 6.92 Å². The lowest BCUT2D eigenvalue weighted by atomic mass is 10.2. The van der Waals surface area contributed by atoms with Gasteiger partial charge < -0.3 is 4.42 Å². The summed E-state index contributed by atoms with van der Waals surface area (Å²) in [7, 11) is 0. The zero-order chi connectivity index (χ0) is 9.42. The van der Waals surface area contributed by atoms with Crippen molar-refractivity contribution in [1.82, 2.24) is 9.97 Å². The van der Waals surface area contributed by atoms with E-state index >= 15 is 0 Å². The van der Waals surface area contributed by atoms with Crippen LogP contribution in [-0.4, -0.2) is 9.97 Å². The van der Waals surface area contributed by atoms with E-state index in [2.05, 4.69) is 9.97 Å². The smallest absolute Gasteiger partial charge is 0.337 e. The maximum Gasteiger partial charge on any atom is 0.337 e. The van der Waals surface area contributed by atoms with Crippen LogP contribution in [0.5, 0.6) is 0 Å². The van der Waals surface area contributed by atoms with Crippen LogP contribution in [0.3, 0.4) is 0 Å². The molecule has 4 nitrogen and oxygen atoms in total. The molecule has 0 fully saturated rings. The molecule has 0 aliphatic carbocycles. The Labute approximate surface area is 74.2 Å². The van der Waals surface area contributed by atoms with Gasteiger partial charge in [-0.2, -0.15) is 4.98 Å². The second-order valence-electron chi connectivity index (χ2n) is 2.88. The number of hydrogen-bond donors (Lipinski definition) is 0. The van der Waals surface area contributed by atoms with E-state index in [1.54, 1.807) is 13.1 Å². The van der Waals surface area contributed by atoms with Gasteiger partial charge in [-0.3, -0.25) is 0 Å². The van der Waals surface area contributed by atoms with E-state index in [0.717, 1.165) is 10.9 Å². The van der Waals surface area contributed by atoms with Crippen LogP contribution in [0.1, 0.15) is 11.4 Å². The minimum Gasteiger partial charge on any atom is -0.403 e. The van der Waals surface area contributed by atoms with Crippen molar-refractivity contribution in [2.75, 3.05) is 0 Å². The lowest BCUT2D eigenvalue weighted by Crippen LogP contribution is -2.00. The van der Waals surface area contributed by atoms with Gasteiger partial charge in [0.15, 0.2) is 0 Å². The van der Waals surface area contributed by atoms with E-state index in [1.165, 1.54) is 6.07 Å². The van der Waals surface area contributed by atoms with Gasteiger partial charge in [0.05, 0.1) is 5.39 Å². The Morgan fingerprint density at radius 3 is 2.92 bits per heavy atom. The van der Waals surface area contributed by atoms with Crippen molar-refractivity contribution >= 4 is 11.1 Å². The monoisotopic (exact) mass is 176 g/mol. The molecule has 0 saturated heterocycles. The van der Waals surface area contributed by atoms with Gasteiger partial charge in [-0.05, 0) is 19.4 Å². The first-order chi connectivity index (χ1) is 6.16. The molecule has 0 saturated carbocycles. The van der Waals surface area contributed by atoms with Crippen molar-refractivity contribution in [3.63, 3.8) is 0 Å². The quantitative estimate of drug-likeness (QED) is 0.605. The second kappa shape index (κ2) is 2.65. The fourth-order valence-corrected chi connectivity index (χ4v) is 1.18. The van der Waals surface area contributed by atoms with Crippen molar-refractivity contribution in [2.45, 2.75) is 13.8 Å². The Kier molecular flexibility index (Phi) is 1.62. The Morgan fingerprint density at radius 2 is 2.15 bits per heavy atom. The molecule has 0 aromatic carbocycles. The number of aryl methyl sites for hydroxylation is 2. The van der Waals surface area contributed by atoms with Crippen molar-refractivity contribution in [3.8, 4) is 0 Å². The molecule has 0 unspecified atom stereocenters. The number of rotatable bonds is 0. The maximum absolute atomic E-state index is 11.0. The first-order valence-corrected chi connectivity index (χ1v) is 3.91. The Bertz CT molecular complexity index is 516. The molecule has 13 heavy (non-hydrogen) atoms. The summed E-state index contributed by atoms with van der Waals surface area (Å²) in [5.41, 5.74) is 0.826. The third-order valence-corrected chi connectivity index (χ3v) is 1.83. The summed E-state index contributed by atoms with van der Waals surface area (Å²) >= 11 is 0. The molecule has 0 aliphatic rings. The highest BCUT2D eigenvalue weighted by molar-refractivity contribution is 5.75. The molecule has 0 aliphatic heterocycles. The molecule has 2 rings (SSSR count). The average Bonchev–Trinajstić information content (AvgIpc) is 2.02. The van der Waals surface area contributed by atoms with Crippen LogP contribution < -0.4 is 5.63 Å². The number of hydrogen-bond acceptors (Lipinski definition) is 4. The summed E-state index contributed by atoms with van der Waals surface area (Å²) in [5, 5.41) is 0.783. The van der Waals surface area contributed by atoms with Crippen LogP contribution in [0.2, 0.25) is 0 Å². The third-order valence-electron chi connectivity index (χ3n) is 1.83. The van der Waals surface area contributed by atoms with E-state index in [0.29, 0.717) is 11.5 Å². The first-order valence-electron chi connectivity index (χ1n) is 3.91. The molecular weight excluding hydrogens is 168 g/mol. The van der Waals surface area contributed by atoms with Crippen LogP contribution in [0.25, 0.3) is 11.1 Å². The van der Waals surface area contributed by atoms with Gasteiger partial charge in [0.1, 0.15) is 5.82 Å². The maximum atomic E-state index is 11.0. The largest absolute Gasteiger partial charge is 0.403 e. The highest BCUT2D eigenvalue weighted by Crippen LogP contribution is 2.11. The molecule has 0 amide bonds. The third kappa shape index (κ3) is 1.30. The Morgan fingerprint density at radius 1 is 1.38 bits per heavy atom. The average molecular weight is 176 g/mol. The van der Waals surface area contributed by atoms with Gasteiger partial charge in [0.25, 0.3) is 0 Å². The molecule has 0 spiro atoms. The van der Waals surface area contributed by atoms with Crippen LogP contribution in [-0.2, 0) is 0 Å². The van der Waals surface area contributed by atoms with Crippen molar-refractivity contribution < 1.29 is 4.42 Å². The van der Waals surface area contributed by atoms with Crippen molar-refractivity contribution in [1.29, 1.82) is 0 Å². The second-order valence-corrected chi connectivity index (χ2v) is 2.88. The van der Waals surface area contributed by atoms with Crippen LogP contribution in [0, 0.1) is 13.8 Å². The normalized spacial score (nSPS) is 10.6. The van der Waals surface area contributed by atoms with Gasteiger partial charge in [0.2, 0.25) is 5.71 Å². The topological polar surface area (TPSA) is 56.0 Å². The zero-order valence-electron chi connectivity index (χ0n) is 7.37. The number of nitrogens with zero attached hydrogens (tertiary/aromatic N) is 2. The molecule has 2 aromatic heterocycles. The molecule has 0 radical (unpaired) electrons. The molecule has 66 valence electrons. The predicted molar refractivity (Wildman–Crippen MR) is 47.5 cm³/mol. The Hall–Kier alpha value is -1.71. The van der Waals surface area contributed by atoms with Crippen LogP contribution >= 0.6 is 0 Å². The molecule has 0 N–H and O–H groups in total. The molecule has 2 aromatic rings. The van der Waals surface area contributed by atoms with Crippen LogP contribution in [0.4, 0.5) is 0 Å². The molecule has 2 heterocycles. The zero-order valence-corrected chi connectivity index (χ0v) is 7.37. The minimum absolute atomic E-state index is 0.359. The van der Waals surface area contributed by atoms with Gasteiger partial charge in [-0.25, -0.2) is 9.78 Å². The fraction of sp³-hybridized carbons (Fsp3) is 0.222. The van der Waals surface area contributed by atoms with E-state index in [9.17, 15) is 4.79 Å². The lowest BCUT2D eigenvalue weighted by molar-refractivity contribution is 0.546. The molecule has 0 atom stereocenters. The molecule has 0 bridgehead atoms. The van der Waals surface area contributed by atoms with E-state index in [-0.39, 0.29) is 5.63 Å². The summed E-state index contributed by atoms with van der Waals surface area (Å²) < 4.78 is 4.92. The lowest BCUT2D eigenvalue weighted by Gasteiger charge is -1.98. The van der Waals surface area contributed by atoms with Gasteiger partial charge in [-0.1, -0.05) is 0 Å². The summed E-state index contributed by atoms with van der Waals surface area (Å²) in [6, 6.07) is 1.43. The number of aromatic nitrogens is 2.